The van der Waals surface area contributed by atoms with Gasteiger partial charge in [0.15, 0.2) is 0 Å². The Balaban J connectivity index is 1.66. The molecule has 0 spiro atoms. The lowest BCUT2D eigenvalue weighted by atomic mass is 10.1. The van der Waals surface area contributed by atoms with Gasteiger partial charge in [0.2, 0.25) is 11.8 Å². The number of hydrogen-bond donors (Lipinski definition) is 2. The number of nitrogens with two attached hydrogens (primary N) is 1. The van der Waals surface area contributed by atoms with Crippen LogP contribution in [-0.4, -0.2) is 49.6 Å². The highest BCUT2D eigenvalue weighted by atomic mass is 16.5. The van der Waals surface area contributed by atoms with Crippen LogP contribution in [0.15, 0.2) is 30.3 Å². The molecule has 6 heteroatoms. The summed E-state index contributed by atoms with van der Waals surface area (Å²) in [5.41, 5.74) is 6.99. The van der Waals surface area contributed by atoms with Crippen molar-refractivity contribution in [2.45, 2.75) is 18.9 Å². The van der Waals surface area contributed by atoms with Crippen molar-refractivity contribution in [3.63, 3.8) is 0 Å². The summed E-state index contributed by atoms with van der Waals surface area (Å²) in [6, 6.07) is 9.37. The molecule has 0 aromatic heterocycles. The molecule has 2 amide bonds. The average Bonchev–Trinajstić information content (AvgIpc) is 2.59. The molecule has 1 saturated heterocycles. The van der Waals surface area contributed by atoms with Crippen LogP contribution in [0, 0.1) is 0 Å². The summed E-state index contributed by atoms with van der Waals surface area (Å²) >= 11 is 0. The molecule has 120 valence electrons. The Morgan fingerprint density at radius 3 is 2.55 bits per heavy atom. The first-order valence-corrected chi connectivity index (χ1v) is 7.59. The third kappa shape index (κ3) is 5.13. The summed E-state index contributed by atoms with van der Waals surface area (Å²) in [5.74, 6) is -0.140. The Morgan fingerprint density at radius 1 is 1.18 bits per heavy atom. The summed E-state index contributed by atoms with van der Waals surface area (Å²) in [6.45, 7) is 2.74. The van der Waals surface area contributed by atoms with Crippen LogP contribution in [0.25, 0.3) is 0 Å². The number of carbonyl (C=O) groups excluding carboxylic acids is 2. The Labute approximate surface area is 130 Å². The number of nitrogens with zero attached hydrogens (tertiary/aromatic N) is 1. The predicted octanol–water partition coefficient (Wildman–Crippen LogP) is 0.442. The fraction of sp³-hybridized carbons (Fsp3) is 0.500. The number of hydrogen-bond acceptors (Lipinski definition) is 4. The lowest BCUT2D eigenvalue weighted by Crippen LogP contribution is -2.41. The molecule has 0 saturated carbocycles. The van der Waals surface area contributed by atoms with Crippen LogP contribution < -0.4 is 11.1 Å². The zero-order valence-corrected chi connectivity index (χ0v) is 12.7. The van der Waals surface area contributed by atoms with E-state index in [1.54, 1.807) is 4.90 Å². The predicted molar refractivity (Wildman–Crippen MR) is 83.0 cm³/mol. The lowest BCUT2D eigenvalue weighted by Gasteiger charge is -2.26. The van der Waals surface area contributed by atoms with Gasteiger partial charge in [0.25, 0.3) is 0 Å². The van der Waals surface area contributed by atoms with Crippen LogP contribution in [0.5, 0.6) is 0 Å². The summed E-state index contributed by atoms with van der Waals surface area (Å²) < 4.78 is 5.20. The van der Waals surface area contributed by atoms with E-state index in [1.807, 2.05) is 30.3 Å². The molecule has 22 heavy (non-hydrogen) atoms. The van der Waals surface area contributed by atoms with E-state index in [-0.39, 0.29) is 30.7 Å². The minimum Gasteiger partial charge on any atom is -0.378 e. The van der Waals surface area contributed by atoms with Gasteiger partial charge in [0.05, 0.1) is 13.2 Å². The second-order valence-electron chi connectivity index (χ2n) is 5.31. The summed E-state index contributed by atoms with van der Waals surface area (Å²) in [5, 5.41) is 2.78. The Morgan fingerprint density at radius 2 is 1.86 bits per heavy atom. The van der Waals surface area contributed by atoms with Crippen LogP contribution in [0.3, 0.4) is 0 Å². The van der Waals surface area contributed by atoms with E-state index in [0.29, 0.717) is 32.8 Å². The van der Waals surface area contributed by atoms with Gasteiger partial charge in [-0.1, -0.05) is 30.3 Å². The van der Waals surface area contributed by atoms with Gasteiger partial charge in [0.1, 0.15) is 0 Å². The van der Waals surface area contributed by atoms with Crippen molar-refractivity contribution in [1.82, 2.24) is 10.2 Å². The Kier molecular flexibility index (Phi) is 6.36. The van der Waals surface area contributed by atoms with Crippen LogP contribution in [0.2, 0.25) is 0 Å². The number of morpholine rings is 1. The van der Waals surface area contributed by atoms with Crippen molar-refractivity contribution >= 4 is 11.8 Å². The maximum Gasteiger partial charge on any atom is 0.223 e. The van der Waals surface area contributed by atoms with Crippen molar-refractivity contribution < 1.29 is 14.3 Å². The molecule has 0 radical (unpaired) electrons. The Hall–Kier alpha value is -1.92. The van der Waals surface area contributed by atoms with Gasteiger partial charge < -0.3 is 20.7 Å². The van der Waals surface area contributed by atoms with Gasteiger partial charge in [-0.25, -0.2) is 0 Å². The molecule has 0 aliphatic carbocycles. The van der Waals surface area contributed by atoms with Gasteiger partial charge >= 0.3 is 0 Å². The van der Waals surface area contributed by atoms with E-state index in [0.717, 1.165) is 5.56 Å². The topological polar surface area (TPSA) is 84.7 Å². The zero-order chi connectivity index (χ0) is 15.8. The molecule has 1 fully saturated rings. The molecule has 1 atom stereocenters. The fourth-order valence-corrected chi connectivity index (χ4v) is 2.32. The van der Waals surface area contributed by atoms with E-state index >= 15 is 0 Å². The maximum atomic E-state index is 11.9. The monoisotopic (exact) mass is 305 g/mol. The summed E-state index contributed by atoms with van der Waals surface area (Å²) in [4.78, 5) is 25.5. The third-order valence-electron chi connectivity index (χ3n) is 3.68. The van der Waals surface area contributed by atoms with Gasteiger partial charge in [-0.15, -0.1) is 0 Å². The standard InChI is InChI=1S/C16H23N3O3/c17-14(13-4-2-1-3-5-13)12-18-15(20)6-7-16(21)19-8-10-22-11-9-19/h1-5,14H,6-12,17H2,(H,18,20). The number of ether oxygens (including phenoxy) is 1. The molecule has 2 rings (SSSR count). The molecule has 0 bridgehead atoms. The van der Waals surface area contributed by atoms with Crippen molar-refractivity contribution in [1.29, 1.82) is 0 Å². The highest BCUT2D eigenvalue weighted by Crippen LogP contribution is 2.08. The first-order valence-electron chi connectivity index (χ1n) is 7.59. The molecule has 6 nitrogen and oxygen atoms in total. The van der Waals surface area contributed by atoms with Crippen molar-refractivity contribution in [2.75, 3.05) is 32.8 Å². The normalized spacial score (nSPS) is 16.1. The zero-order valence-electron chi connectivity index (χ0n) is 12.7. The largest absolute Gasteiger partial charge is 0.378 e. The molecule has 1 aliphatic rings. The van der Waals surface area contributed by atoms with Crippen LogP contribution in [0.4, 0.5) is 0 Å². The second kappa shape index (κ2) is 8.51. The quantitative estimate of drug-likeness (QED) is 0.799. The second-order valence-corrected chi connectivity index (χ2v) is 5.31. The van der Waals surface area contributed by atoms with E-state index in [9.17, 15) is 9.59 Å². The molecule has 3 N–H and O–H groups in total. The number of amides is 2. The van der Waals surface area contributed by atoms with E-state index in [2.05, 4.69) is 5.32 Å². The third-order valence-corrected chi connectivity index (χ3v) is 3.68. The smallest absolute Gasteiger partial charge is 0.223 e. The van der Waals surface area contributed by atoms with Gasteiger partial charge in [-0.05, 0) is 5.56 Å². The van der Waals surface area contributed by atoms with Crippen molar-refractivity contribution in [3.8, 4) is 0 Å². The summed E-state index contributed by atoms with van der Waals surface area (Å²) in [7, 11) is 0. The highest BCUT2D eigenvalue weighted by molar-refractivity contribution is 5.83. The van der Waals surface area contributed by atoms with Crippen LogP contribution in [0.1, 0.15) is 24.4 Å². The molecular formula is C16H23N3O3. The van der Waals surface area contributed by atoms with E-state index in [4.69, 9.17) is 10.5 Å². The lowest BCUT2D eigenvalue weighted by molar-refractivity contribution is -0.137. The number of rotatable bonds is 6. The maximum absolute atomic E-state index is 11.9. The molecule has 1 aromatic rings. The molecular weight excluding hydrogens is 282 g/mol. The summed E-state index contributed by atoms with van der Waals surface area (Å²) in [6.07, 6.45) is 0.421. The average molecular weight is 305 g/mol. The highest BCUT2D eigenvalue weighted by Gasteiger charge is 2.17. The first-order chi connectivity index (χ1) is 10.7. The van der Waals surface area contributed by atoms with Crippen LogP contribution >= 0.6 is 0 Å². The Bertz CT molecular complexity index is 487. The van der Waals surface area contributed by atoms with Crippen molar-refractivity contribution in [3.05, 3.63) is 35.9 Å². The van der Waals surface area contributed by atoms with E-state index < -0.39 is 0 Å². The molecule has 1 heterocycles. The van der Waals surface area contributed by atoms with Gasteiger partial charge in [0, 0.05) is 38.5 Å². The van der Waals surface area contributed by atoms with Gasteiger partial charge in [-0.3, -0.25) is 9.59 Å². The molecule has 1 aliphatic heterocycles. The molecule has 1 aromatic carbocycles. The van der Waals surface area contributed by atoms with Crippen molar-refractivity contribution in [2.24, 2.45) is 5.73 Å². The number of benzene rings is 1. The minimum atomic E-state index is -0.236. The SMILES string of the molecule is NC(CNC(=O)CCC(=O)N1CCOCC1)c1ccccc1. The number of carbonyl (C=O) groups is 2. The van der Waals surface area contributed by atoms with E-state index in [1.165, 1.54) is 0 Å². The molecule has 1 unspecified atom stereocenters. The first kappa shape index (κ1) is 16.5. The number of nitrogens with one attached hydrogen (secondary N) is 1. The van der Waals surface area contributed by atoms with Gasteiger partial charge in [-0.2, -0.15) is 0 Å². The minimum absolute atomic E-state index is 0.00538. The van der Waals surface area contributed by atoms with Crippen LogP contribution in [-0.2, 0) is 14.3 Å². The fourth-order valence-electron chi connectivity index (χ4n) is 2.32.